The van der Waals surface area contributed by atoms with Gasteiger partial charge in [0.1, 0.15) is 0 Å². The van der Waals surface area contributed by atoms with Gasteiger partial charge >= 0.3 is 0 Å². The van der Waals surface area contributed by atoms with Crippen molar-refractivity contribution in [1.82, 2.24) is 19.7 Å². The molecule has 2 aromatic heterocycles. The Hall–Kier alpha value is -3.81. The minimum atomic E-state index is -3.08. The number of pyridine rings is 1. The highest BCUT2D eigenvalue weighted by molar-refractivity contribution is 5.97. The van der Waals surface area contributed by atoms with Gasteiger partial charge in [-0.3, -0.25) is 4.79 Å². The number of aryl methyl sites for hydroxylation is 1. The van der Waals surface area contributed by atoms with E-state index in [0.717, 1.165) is 10.9 Å². The SMILES string of the molecule is Cc1cnn(-c2ccccc2C(=O)N2CCC(F)(F)C(Oc3ccc4ccccc4n3)C2)c1. The van der Waals surface area contributed by atoms with E-state index in [0.29, 0.717) is 16.8 Å². The lowest BCUT2D eigenvalue weighted by atomic mass is 10.0. The Bertz CT molecular complexity index is 1320. The first-order valence-corrected chi connectivity index (χ1v) is 10.7. The number of fused-ring (bicyclic) bond motifs is 1. The van der Waals surface area contributed by atoms with E-state index in [-0.39, 0.29) is 24.9 Å². The fourth-order valence-electron chi connectivity index (χ4n) is 4.01. The quantitative estimate of drug-likeness (QED) is 0.456. The minimum absolute atomic E-state index is 0.0662. The Morgan fingerprint density at radius 2 is 1.88 bits per heavy atom. The van der Waals surface area contributed by atoms with E-state index in [2.05, 4.69) is 10.1 Å². The zero-order valence-electron chi connectivity index (χ0n) is 18.0. The van der Waals surface area contributed by atoms with Crippen molar-refractivity contribution in [3.63, 3.8) is 0 Å². The van der Waals surface area contributed by atoms with Gasteiger partial charge in [0.2, 0.25) is 5.88 Å². The number of piperidine rings is 1. The van der Waals surface area contributed by atoms with E-state index >= 15 is 0 Å². The number of carbonyl (C=O) groups is 1. The number of hydrogen-bond donors (Lipinski definition) is 0. The highest BCUT2D eigenvalue weighted by atomic mass is 19.3. The van der Waals surface area contributed by atoms with Gasteiger partial charge in [-0.15, -0.1) is 0 Å². The lowest BCUT2D eigenvalue weighted by Gasteiger charge is -2.38. The molecule has 1 unspecified atom stereocenters. The molecule has 2 aromatic carbocycles. The van der Waals surface area contributed by atoms with Crippen LogP contribution in [0.4, 0.5) is 8.78 Å². The maximum atomic E-state index is 14.7. The summed E-state index contributed by atoms with van der Waals surface area (Å²) in [5, 5.41) is 5.18. The van der Waals surface area contributed by atoms with Crippen LogP contribution in [-0.4, -0.2) is 50.7 Å². The molecule has 0 saturated carbocycles. The Morgan fingerprint density at radius 1 is 1.09 bits per heavy atom. The molecule has 0 N–H and O–H groups in total. The van der Waals surface area contributed by atoms with Gasteiger partial charge in [0.25, 0.3) is 11.8 Å². The second kappa shape index (κ2) is 8.27. The molecule has 1 aliphatic heterocycles. The summed E-state index contributed by atoms with van der Waals surface area (Å²) in [7, 11) is 0. The number of aromatic nitrogens is 3. The van der Waals surface area contributed by atoms with Gasteiger partial charge in [0.15, 0.2) is 6.10 Å². The summed E-state index contributed by atoms with van der Waals surface area (Å²) in [6.07, 6.45) is 1.53. The zero-order chi connectivity index (χ0) is 23.0. The molecule has 168 valence electrons. The summed E-state index contributed by atoms with van der Waals surface area (Å²) in [6, 6.07) is 17.8. The molecule has 3 heterocycles. The number of benzene rings is 2. The number of likely N-dealkylation sites (tertiary alicyclic amines) is 1. The number of para-hydroxylation sites is 2. The maximum Gasteiger partial charge on any atom is 0.287 e. The van der Waals surface area contributed by atoms with Crippen LogP contribution in [0.1, 0.15) is 22.3 Å². The van der Waals surface area contributed by atoms with Crippen LogP contribution in [0, 0.1) is 6.92 Å². The second-order valence-corrected chi connectivity index (χ2v) is 8.19. The van der Waals surface area contributed by atoms with Gasteiger partial charge < -0.3 is 9.64 Å². The summed E-state index contributed by atoms with van der Waals surface area (Å²) < 4.78 is 36.8. The highest BCUT2D eigenvalue weighted by Crippen LogP contribution is 2.33. The van der Waals surface area contributed by atoms with Crippen LogP contribution in [-0.2, 0) is 0 Å². The van der Waals surface area contributed by atoms with Gasteiger partial charge in [-0.05, 0) is 36.8 Å². The van der Waals surface area contributed by atoms with Crippen LogP contribution in [0.15, 0.2) is 73.1 Å². The molecular weight excluding hydrogens is 426 g/mol. The topological polar surface area (TPSA) is 60.2 Å². The second-order valence-electron chi connectivity index (χ2n) is 8.19. The van der Waals surface area contributed by atoms with Crippen molar-refractivity contribution in [3.8, 4) is 11.6 Å². The molecular formula is C25H22F2N4O2. The molecule has 33 heavy (non-hydrogen) atoms. The van der Waals surface area contributed by atoms with E-state index in [1.165, 1.54) is 4.90 Å². The van der Waals surface area contributed by atoms with Crippen LogP contribution in [0.2, 0.25) is 0 Å². The third-order valence-electron chi connectivity index (χ3n) is 5.79. The maximum absolute atomic E-state index is 14.7. The number of rotatable bonds is 4. The van der Waals surface area contributed by atoms with Crippen LogP contribution in [0.3, 0.4) is 0 Å². The first-order chi connectivity index (χ1) is 15.9. The predicted octanol–water partition coefficient (Wildman–Crippen LogP) is 4.66. The molecule has 0 bridgehead atoms. The largest absolute Gasteiger partial charge is 0.466 e. The molecule has 0 aliphatic carbocycles. The number of ether oxygens (including phenoxy) is 1. The number of hydrogen-bond acceptors (Lipinski definition) is 4. The fraction of sp³-hybridized carbons (Fsp3) is 0.240. The molecule has 6 nitrogen and oxygen atoms in total. The summed E-state index contributed by atoms with van der Waals surface area (Å²) in [4.78, 5) is 19.1. The molecule has 1 atom stereocenters. The molecule has 4 aromatic rings. The Labute approximate surface area is 189 Å². The van der Waals surface area contributed by atoms with E-state index in [4.69, 9.17) is 4.74 Å². The number of halogens is 2. The fourth-order valence-corrected chi connectivity index (χ4v) is 4.01. The average Bonchev–Trinajstić information content (AvgIpc) is 3.26. The van der Waals surface area contributed by atoms with Crippen LogP contribution in [0.5, 0.6) is 5.88 Å². The monoisotopic (exact) mass is 448 g/mol. The van der Waals surface area contributed by atoms with E-state index in [9.17, 15) is 13.6 Å². The number of amides is 1. The molecule has 1 amide bonds. The lowest BCUT2D eigenvalue weighted by molar-refractivity contribution is -0.131. The molecule has 0 radical (unpaired) electrons. The van der Waals surface area contributed by atoms with E-state index in [1.54, 1.807) is 47.3 Å². The van der Waals surface area contributed by atoms with Crippen molar-refractivity contribution in [2.75, 3.05) is 13.1 Å². The van der Waals surface area contributed by atoms with Crippen molar-refractivity contribution in [2.45, 2.75) is 25.4 Å². The van der Waals surface area contributed by atoms with Crippen LogP contribution in [0.25, 0.3) is 16.6 Å². The van der Waals surface area contributed by atoms with Crippen molar-refractivity contribution in [2.24, 2.45) is 0 Å². The summed E-state index contributed by atoms with van der Waals surface area (Å²) in [5.74, 6) is -3.31. The standard InChI is InChI=1S/C25H22F2N4O2/c1-17-14-28-31(15-17)21-9-5-3-7-19(21)24(32)30-13-12-25(26,27)22(16-30)33-23-11-10-18-6-2-4-8-20(18)29-23/h2-11,14-15,22H,12-13,16H2,1H3. The lowest BCUT2D eigenvalue weighted by Crippen LogP contribution is -2.55. The van der Waals surface area contributed by atoms with Crippen molar-refractivity contribution >= 4 is 16.8 Å². The van der Waals surface area contributed by atoms with E-state index < -0.39 is 18.4 Å². The summed E-state index contributed by atoms with van der Waals surface area (Å²) >= 11 is 0. The minimum Gasteiger partial charge on any atom is -0.466 e. The molecule has 1 saturated heterocycles. The van der Waals surface area contributed by atoms with Crippen LogP contribution < -0.4 is 4.74 Å². The van der Waals surface area contributed by atoms with Crippen LogP contribution >= 0.6 is 0 Å². The van der Waals surface area contributed by atoms with Crippen molar-refractivity contribution < 1.29 is 18.3 Å². The molecule has 1 aliphatic rings. The Morgan fingerprint density at radius 3 is 2.70 bits per heavy atom. The zero-order valence-corrected chi connectivity index (χ0v) is 18.0. The predicted molar refractivity (Wildman–Crippen MR) is 120 cm³/mol. The smallest absolute Gasteiger partial charge is 0.287 e. The highest BCUT2D eigenvalue weighted by Gasteiger charge is 2.47. The third kappa shape index (κ3) is 4.16. The Balaban J connectivity index is 1.40. The average molecular weight is 448 g/mol. The van der Waals surface area contributed by atoms with E-state index in [1.807, 2.05) is 37.4 Å². The van der Waals surface area contributed by atoms with Gasteiger partial charge in [0, 0.05) is 30.6 Å². The third-order valence-corrected chi connectivity index (χ3v) is 5.79. The normalized spacial score (nSPS) is 17.8. The van der Waals surface area contributed by atoms with Gasteiger partial charge in [-0.1, -0.05) is 30.3 Å². The van der Waals surface area contributed by atoms with Gasteiger partial charge in [0.05, 0.1) is 29.5 Å². The molecule has 1 fully saturated rings. The first-order valence-electron chi connectivity index (χ1n) is 10.7. The molecule has 5 rings (SSSR count). The van der Waals surface area contributed by atoms with Crippen molar-refractivity contribution in [3.05, 3.63) is 84.2 Å². The number of nitrogens with zero attached hydrogens (tertiary/aromatic N) is 4. The Kier molecular flexibility index (Phi) is 5.28. The summed E-state index contributed by atoms with van der Waals surface area (Å²) in [5.41, 5.74) is 2.60. The number of alkyl halides is 2. The molecule has 8 heteroatoms. The first kappa shape index (κ1) is 21.1. The van der Waals surface area contributed by atoms with Crippen molar-refractivity contribution in [1.29, 1.82) is 0 Å². The van der Waals surface area contributed by atoms with Gasteiger partial charge in [-0.25, -0.2) is 18.4 Å². The molecule has 0 spiro atoms. The summed E-state index contributed by atoms with van der Waals surface area (Å²) in [6.45, 7) is 1.60. The van der Waals surface area contributed by atoms with Gasteiger partial charge in [-0.2, -0.15) is 5.10 Å². The number of carbonyl (C=O) groups excluding carboxylic acids is 1.